The highest BCUT2D eigenvalue weighted by molar-refractivity contribution is 7.80. The summed E-state index contributed by atoms with van der Waals surface area (Å²) >= 11 is 10.7. The van der Waals surface area contributed by atoms with Gasteiger partial charge < -0.3 is 4.90 Å². The third-order valence-corrected chi connectivity index (χ3v) is 5.07. The Morgan fingerprint density at radius 1 is 1.10 bits per heavy atom. The fourth-order valence-electron chi connectivity index (χ4n) is 2.47. The lowest BCUT2D eigenvalue weighted by atomic mass is 10.1. The van der Waals surface area contributed by atoms with Crippen molar-refractivity contribution in [2.45, 2.75) is 0 Å². The number of nitrogens with zero attached hydrogens (tertiary/aromatic N) is 4. The molecule has 2 aromatic carbocycles. The number of nitrogens with one attached hydrogen (secondary N) is 1. The van der Waals surface area contributed by atoms with Crippen molar-refractivity contribution in [3.05, 3.63) is 76.6 Å². The highest BCUT2D eigenvalue weighted by Crippen LogP contribution is 2.15. The topological polar surface area (TPSA) is 80.8 Å². The Morgan fingerprint density at radius 3 is 2.37 bits per heavy atom. The zero-order valence-corrected chi connectivity index (χ0v) is 17.9. The van der Waals surface area contributed by atoms with Gasteiger partial charge in [0.05, 0.1) is 24.7 Å². The predicted octanol–water partition coefficient (Wildman–Crippen LogP) is 2.62. The van der Waals surface area contributed by atoms with Crippen molar-refractivity contribution in [1.82, 2.24) is 15.3 Å². The number of carbonyl (C=O) groups is 2. The average Bonchev–Trinajstić information content (AvgIpc) is 2.77. The standard InChI is InChI=1S/C21H17N5O2S2/c1-23-17-9-5-8-16(11-17)21(30)26(3)24-19(28)18(27)13-25(2)20(29)15-7-4-6-14(10-15)12-22/h4-11H,13H2,2-3H3,(H,24,28). The van der Waals surface area contributed by atoms with Gasteiger partial charge in [0.2, 0.25) is 5.78 Å². The number of hydrogen-bond donors (Lipinski definition) is 1. The van der Waals surface area contributed by atoms with Crippen molar-refractivity contribution in [2.75, 3.05) is 20.6 Å². The van der Waals surface area contributed by atoms with Gasteiger partial charge in [-0.2, -0.15) is 5.26 Å². The molecule has 0 atom stereocenters. The molecule has 0 aromatic heterocycles. The van der Waals surface area contributed by atoms with Crippen molar-refractivity contribution >= 4 is 51.8 Å². The second kappa shape index (κ2) is 10.2. The number of Topliss-reactive ketones (excluding diaryl/α,β-unsaturated/α-hetero) is 1. The van der Waals surface area contributed by atoms with Crippen molar-refractivity contribution < 1.29 is 9.59 Å². The normalized spacial score (nSPS) is 9.60. The molecule has 0 saturated heterocycles. The van der Waals surface area contributed by atoms with Crippen LogP contribution < -0.4 is 5.43 Å². The largest absolute Gasteiger partial charge is 0.357 e. The van der Waals surface area contributed by atoms with Crippen molar-refractivity contribution in [2.24, 2.45) is 0 Å². The van der Waals surface area contributed by atoms with Gasteiger partial charge in [-0.05, 0) is 18.2 Å². The number of nitriles is 1. The minimum absolute atomic E-state index is 0.241. The van der Waals surface area contributed by atoms with E-state index in [0.29, 0.717) is 27.4 Å². The van der Waals surface area contributed by atoms with Crippen LogP contribution in [0.3, 0.4) is 0 Å². The second-order valence-electron chi connectivity index (χ2n) is 6.24. The number of rotatable bonds is 5. The first kappa shape index (κ1) is 22.6. The van der Waals surface area contributed by atoms with E-state index in [1.54, 1.807) is 55.6 Å². The molecule has 9 heteroatoms. The number of carbonyl (C=O) groups excluding carboxylic acids is 2. The Labute approximate surface area is 185 Å². The number of hydrogen-bond acceptors (Lipinski definition) is 5. The molecule has 0 fully saturated rings. The summed E-state index contributed by atoms with van der Waals surface area (Å²) in [5.41, 5.74) is 4.48. The first-order valence-corrected chi connectivity index (χ1v) is 9.43. The van der Waals surface area contributed by atoms with E-state index < -0.39 is 11.7 Å². The van der Waals surface area contributed by atoms with Crippen LogP contribution >= 0.6 is 24.4 Å². The number of hydrazine groups is 1. The molecule has 30 heavy (non-hydrogen) atoms. The summed E-state index contributed by atoms with van der Waals surface area (Å²) in [6, 6.07) is 15.4. The lowest BCUT2D eigenvalue weighted by molar-refractivity contribution is -0.139. The van der Waals surface area contributed by atoms with Crippen LogP contribution in [0.2, 0.25) is 0 Å². The Kier molecular flexibility index (Phi) is 7.70. The number of amides is 1. The summed E-state index contributed by atoms with van der Waals surface area (Å²) in [5.74, 6) is -1.55. The second-order valence-corrected chi connectivity index (χ2v) is 7.02. The van der Waals surface area contributed by atoms with E-state index in [2.05, 4.69) is 10.3 Å². The molecular formula is C21H17N5O2S2. The van der Waals surface area contributed by atoms with Crippen LogP contribution in [0.15, 0.2) is 48.5 Å². The van der Waals surface area contributed by atoms with E-state index >= 15 is 0 Å². The fraction of sp³-hybridized carbons (Fsp3) is 0.143. The van der Waals surface area contributed by atoms with Gasteiger partial charge >= 0.3 is 5.91 Å². The molecule has 0 radical (unpaired) electrons. The van der Waals surface area contributed by atoms with Crippen molar-refractivity contribution in [3.8, 4) is 6.07 Å². The summed E-state index contributed by atoms with van der Waals surface area (Å²) in [6.07, 6.45) is 0. The minimum atomic E-state index is -0.846. The van der Waals surface area contributed by atoms with Crippen LogP contribution in [-0.4, -0.2) is 52.2 Å². The monoisotopic (exact) mass is 435 g/mol. The molecule has 2 rings (SSSR count). The lowest BCUT2D eigenvalue weighted by Gasteiger charge is -2.23. The van der Waals surface area contributed by atoms with Crippen LogP contribution in [0.25, 0.3) is 4.85 Å². The van der Waals surface area contributed by atoms with E-state index in [4.69, 9.17) is 36.3 Å². The highest BCUT2D eigenvalue weighted by Gasteiger charge is 2.20. The first-order chi connectivity index (χ1) is 14.3. The minimum Gasteiger partial charge on any atom is -0.357 e. The molecule has 0 bridgehead atoms. The van der Waals surface area contributed by atoms with Crippen molar-refractivity contribution in [3.63, 3.8) is 0 Å². The molecule has 150 valence electrons. The summed E-state index contributed by atoms with van der Waals surface area (Å²) in [6.45, 7) is 6.82. The zero-order valence-electron chi connectivity index (χ0n) is 16.2. The molecule has 0 aliphatic heterocycles. The van der Waals surface area contributed by atoms with Gasteiger partial charge in [0, 0.05) is 25.2 Å². The van der Waals surface area contributed by atoms with Crippen molar-refractivity contribution in [1.29, 1.82) is 5.26 Å². The van der Waals surface area contributed by atoms with E-state index in [0.717, 1.165) is 0 Å². The highest BCUT2D eigenvalue weighted by atomic mass is 32.1. The number of likely N-dealkylation sites (N-methyl/N-ethyl adjacent to an activating group) is 1. The SMILES string of the molecule is [C-]#[N+]c1cccc(C(=S)N(C)NC(=O)C(=O)CN(C)C(=S)c2cccc(C#N)c2)c1. The number of benzene rings is 2. The van der Waals surface area contributed by atoms with Gasteiger partial charge in [-0.15, -0.1) is 0 Å². The average molecular weight is 436 g/mol. The van der Waals surface area contributed by atoms with Gasteiger partial charge in [0.25, 0.3) is 0 Å². The number of ketones is 1. The molecule has 2 aromatic rings. The zero-order chi connectivity index (χ0) is 22.3. The van der Waals surface area contributed by atoms with Crippen LogP contribution in [0.1, 0.15) is 16.7 Å². The Morgan fingerprint density at radius 2 is 1.73 bits per heavy atom. The van der Waals surface area contributed by atoms with Crippen LogP contribution in [0.4, 0.5) is 5.69 Å². The van der Waals surface area contributed by atoms with Crippen LogP contribution in [0.5, 0.6) is 0 Å². The summed E-state index contributed by atoms with van der Waals surface area (Å²) in [5, 5.41) is 10.3. The molecule has 0 spiro atoms. The molecule has 0 unspecified atom stereocenters. The van der Waals surface area contributed by atoms with Gasteiger partial charge in [0.1, 0.15) is 9.98 Å². The smallest absolute Gasteiger partial charge is 0.307 e. The van der Waals surface area contributed by atoms with E-state index in [9.17, 15) is 9.59 Å². The van der Waals surface area contributed by atoms with E-state index in [-0.39, 0.29) is 11.5 Å². The molecule has 7 nitrogen and oxygen atoms in total. The lowest BCUT2D eigenvalue weighted by Crippen LogP contribution is -2.48. The molecule has 0 heterocycles. The predicted molar refractivity (Wildman–Crippen MR) is 121 cm³/mol. The van der Waals surface area contributed by atoms with Crippen LogP contribution in [-0.2, 0) is 9.59 Å². The van der Waals surface area contributed by atoms with Gasteiger partial charge in [-0.25, -0.2) is 4.85 Å². The molecule has 0 aliphatic carbocycles. The summed E-state index contributed by atoms with van der Waals surface area (Å²) in [7, 11) is 3.11. The summed E-state index contributed by atoms with van der Waals surface area (Å²) in [4.78, 5) is 30.0. The van der Waals surface area contributed by atoms with E-state index in [1.165, 1.54) is 17.0 Å². The molecule has 0 saturated carbocycles. The maximum atomic E-state index is 12.3. The summed E-state index contributed by atoms with van der Waals surface area (Å²) < 4.78 is 0. The molecular weight excluding hydrogens is 418 g/mol. The molecule has 0 aliphatic rings. The van der Waals surface area contributed by atoms with E-state index in [1.807, 2.05) is 6.07 Å². The Hall–Kier alpha value is -3.66. The first-order valence-electron chi connectivity index (χ1n) is 8.62. The van der Waals surface area contributed by atoms with Gasteiger partial charge in [-0.3, -0.25) is 20.0 Å². The molecule has 1 N–H and O–H groups in total. The number of thiocarbonyl (C=S) groups is 2. The maximum absolute atomic E-state index is 12.3. The molecule has 1 amide bonds. The fourth-order valence-corrected chi connectivity index (χ4v) is 2.83. The third-order valence-electron chi connectivity index (χ3n) is 4.02. The Bertz CT molecular complexity index is 1010. The van der Waals surface area contributed by atoms with Gasteiger partial charge in [-0.1, -0.05) is 54.8 Å². The third kappa shape index (κ3) is 5.67. The van der Waals surface area contributed by atoms with Crippen LogP contribution in [0, 0.1) is 17.9 Å². The quantitative estimate of drug-likeness (QED) is 0.335. The maximum Gasteiger partial charge on any atom is 0.307 e. The van der Waals surface area contributed by atoms with Gasteiger partial charge in [0.15, 0.2) is 5.69 Å². The Balaban J connectivity index is 1.98.